The van der Waals surface area contributed by atoms with Gasteiger partial charge in [0.1, 0.15) is 12.1 Å². The lowest BCUT2D eigenvalue weighted by Gasteiger charge is -2.54. The summed E-state index contributed by atoms with van der Waals surface area (Å²) in [5.41, 5.74) is -0.377. The summed E-state index contributed by atoms with van der Waals surface area (Å²) < 4.78 is 81.7. The van der Waals surface area contributed by atoms with Crippen LogP contribution in [0.15, 0.2) is 0 Å². The molecule has 0 amide bonds. The third kappa shape index (κ3) is 5.25. The summed E-state index contributed by atoms with van der Waals surface area (Å²) in [7, 11) is 0. The van der Waals surface area contributed by atoms with E-state index in [-0.39, 0.29) is 41.9 Å². The number of likely N-dealkylation sites (tertiary alicyclic amines) is 4. The molecule has 0 radical (unpaired) electrons. The molecule has 0 aromatic heterocycles. The van der Waals surface area contributed by atoms with Crippen LogP contribution in [0.2, 0.25) is 0 Å². The molecular weight excluding hydrogens is 458 g/mol. The van der Waals surface area contributed by atoms with E-state index in [9.17, 15) is 26.3 Å². The van der Waals surface area contributed by atoms with E-state index in [0.717, 1.165) is 0 Å². The Bertz CT molecular complexity index is 718. The molecule has 0 aliphatic carbocycles. The molecule has 4 aliphatic rings. The first-order valence-electron chi connectivity index (χ1n) is 12.6. The minimum Gasteiger partial charge on any atom is -0.295 e. The molecule has 10 heteroatoms. The van der Waals surface area contributed by atoms with E-state index < -0.39 is 24.4 Å². The third-order valence-corrected chi connectivity index (χ3v) is 8.73. The Morgan fingerprint density at radius 3 is 1.74 bits per heavy atom. The van der Waals surface area contributed by atoms with E-state index in [0.29, 0.717) is 52.1 Å². The summed E-state index contributed by atoms with van der Waals surface area (Å²) >= 11 is 0. The third-order valence-electron chi connectivity index (χ3n) is 8.73. The lowest BCUT2D eigenvalue weighted by molar-refractivity contribution is -0.191. The van der Waals surface area contributed by atoms with Crippen LogP contribution in [0.3, 0.4) is 0 Å². The van der Waals surface area contributed by atoms with Gasteiger partial charge in [-0.3, -0.25) is 19.6 Å². The number of alkyl halides is 6. The minimum atomic E-state index is -4.24. The van der Waals surface area contributed by atoms with E-state index in [1.165, 1.54) is 0 Å². The maximum atomic E-state index is 13.9. The summed E-state index contributed by atoms with van der Waals surface area (Å²) in [6.07, 6.45) is -6.98. The second-order valence-electron chi connectivity index (χ2n) is 12.6. The topological polar surface area (TPSA) is 13.0 Å². The average Bonchev–Trinajstić information content (AvgIpc) is 3.16. The number of rotatable bonds is 5. The van der Waals surface area contributed by atoms with Crippen LogP contribution >= 0.6 is 0 Å². The molecule has 1 unspecified atom stereocenters. The molecule has 4 fully saturated rings. The minimum absolute atomic E-state index is 0.0418. The molecular formula is C24H40F6N4. The van der Waals surface area contributed by atoms with Crippen molar-refractivity contribution < 1.29 is 26.3 Å². The normalized spacial score (nSPS) is 32.4. The highest BCUT2D eigenvalue weighted by molar-refractivity contribution is 5.05. The van der Waals surface area contributed by atoms with Crippen molar-refractivity contribution in [3.8, 4) is 0 Å². The summed E-state index contributed by atoms with van der Waals surface area (Å²) in [4.78, 5) is 7.66. The molecule has 4 rings (SSSR count). The molecule has 0 N–H and O–H groups in total. The van der Waals surface area contributed by atoms with Gasteiger partial charge in [0.2, 0.25) is 0 Å². The lowest BCUT2D eigenvalue weighted by atomic mass is 9.84. The van der Waals surface area contributed by atoms with Crippen LogP contribution in [-0.2, 0) is 0 Å². The van der Waals surface area contributed by atoms with Crippen LogP contribution < -0.4 is 0 Å². The van der Waals surface area contributed by atoms with Crippen molar-refractivity contribution in [3.63, 3.8) is 0 Å². The fourth-order valence-electron chi connectivity index (χ4n) is 6.61. The van der Waals surface area contributed by atoms with Crippen LogP contribution in [-0.4, -0.2) is 106 Å². The fraction of sp³-hybridized carbons (Fsp3) is 1.00. The highest BCUT2D eigenvalue weighted by atomic mass is 19.4. The summed E-state index contributed by atoms with van der Waals surface area (Å²) in [5, 5.41) is 0. The van der Waals surface area contributed by atoms with Crippen LogP contribution in [0.4, 0.5) is 26.3 Å². The Kier molecular flexibility index (Phi) is 6.83. The predicted molar refractivity (Wildman–Crippen MR) is 120 cm³/mol. The first-order chi connectivity index (χ1) is 15.5. The zero-order chi connectivity index (χ0) is 25.3. The van der Waals surface area contributed by atoms with Gasteiger partial charge in [-0.2, -0.15) is 26.3 Å². The SMILES string of the molecule is CC(C)(C)N1CC(N2CC(CC(C)(C)N3CC(N4CCC[C@@H]4C(F)(F)F)C3)C[C@H]2C(F)(F)F)C1. The van der Waals surface area contributed by atoms with Crippen LogP contribution in [0.1, 0.15) is 60.3 Å². The van der Waals surface area contributed by atoms with Crippen molar-refractivity contribution >= 4 is 0 Å². The van der Waals surface area contributed by atoms with E-state index in [1.54, 1.807) is 9.80 Å². The average molecular weight is 499 g/mol. The van der Waals surface area contributed by atoms with Gasteiger partial charge in [0, 0.05) is 55.9 Å². The zero-order valence-electron chi connectivity index (χ0n) is 21.0. The van der Waals surface area contributed by atoms with Gasteiger partial charge >= 0.3 is 12.4 Å². The standard InChI is InChI=1S/C24H40F6N4/c1-21(2,3)31-12-18(13-31)34-11-16(9-20(34)24(28,29)30)10-22(4,5)32-14-17(15-32)33-8-6-7-19(33)23(25,26)27/h16-20H,6-15H2,1-5H3/t16?,19-,20+/m1/s1. The second kappa shape index (κ2) is 8.77. The maximum Gasteiger partial charge on any atom is 0.404 e. The molecule has 0 bridgehead atoms. The monoisotopic (exact) mass is 498 g/mol. The Morgan fingerprint density at radius 1 is 0.676 bits per heavy atom. The molecule has 198 valence electrons. The van der Waals surface area contributed by atoms with Crippen molar-refractivity contribution in [2.75, 3.05) is 39.3 Å². The summed E-state index contributed by atoms with van der Waals surface area (Å²) in [6.45, 7) is 13.7. The van der Waals surface area contributed by atoms with Crippen molar-refractivity contribution in [1.29, 1.82) is 0 Å². The lowest BCUT2D eigenvalue weighted by Crippen LogP contribution is -2.67. The molecule has 4 saturated heterocycles. The van der Waals surface area contributed by atoms with Gasteiger partial charge < -0.3 is 0 Å². The first kappa shape index (κ1) is 26.5. The van der Waals surface area contributed by atoms with Gasteiger partial charge in [-0.1, -0.05) is 0 Å². The Labute approximate surface area is 199 Å². The Hall–Kier alpha value is -0.580. The zero-order valence-corrected chi connectivity index (χ0v) is 21.0. The number of nitrogens with zero attached hydrogens (tertiary/aromatic N) is 4. The van der Waals surface area contributed by atoms with Crippen LogP contribution in [0.25, 0.3) is 0 Å². The molecule has 0 aromatic rings. The maximum absolute atomic E-state index is 13.9. The van der Waals surface area contributed by atoms with Gasteiger partial charge in [0.15, 0.2) is 0 Å². The van der Waals surface area contributed by atoms with Crippen molar-refractivity contribution in [1.82, 2.24) is 19.6 Å². The molecule has 4 aliphatic heterocycles. The van der Waals surface area contributed by atoms with Gasteiger partial charge in [-0.25, -0.2) is 0 Å². The highest BCUT2D eigenvalue weighted by Crippen LogP contribution is 2.43. The Balaban J connectivity index is 1.33. The van der Waals surface area contributed by atoms with Crippen molar-refractivity contribution in [2.24, 2.45) is 5.92 Å². The first-order valence-corrected chi connectivity index (χ1v) is 12.6. The quantitative estimate of drug-likeness (QED) is 0.514. The van der Waals surface area contributed by atoms with E-state index in [4.69, 9.17) is 0 Å². The second-order valence-corrected chi connectivity index (χ2v) is 12.6. The van der Waals surface area contributed by atoms with E-state index >= 15 is 0 Å². The van der Waals surface area contributed by atoms with E-state index in [2.05, 4.69) is 30.6 Å². The smallest absolute Gasteiger partial charge is 0.295 e. The highest BCUT2D eigenvalue weighted by Gasteiger charge is 2.55. The number of hydrogen-bond acceptors (Lipinski definition) is 4. The fourth-order valence-corrected chi connectivity index (χ4v) is 6.61. The molecule has 4 heterocycles. The predicted octanol–water partition coefficient (Wildman–Crippen LogP) is 4.60. The molecule has 0 spiro atoms. The number of hydrogen-bond donors (Lipinski definition) is 0. The molecule has 0 aromatic carbocycles. The molecule has 34 heavy (non-hydrogen) atoms. The number of halogens is 6. The van der Waals surface area contributed by atoms with Gasteiger partial charge in [0.05, 0.1) is 0 Å². The van der Waals surface area contributed by atoms with Gasteiger partial charge in [-0.05, 0) is 72.8 Å². The largest absolute Gasteiger partial charge is 0.404 e. The Morgan fingerprint density at radius 2 is 1.21 bits per heavy atom. The van der Waals surface area contributed by atoms with Crippen molar-refractivity contribution in [2.45, 2.75) is 108 Å². The van der Waals surface area contributed by atoms with E-state index in [1.807, 2.05) is 13.8 Å². The molecule has 0 saturated carbocycles. The summed E-state index contributed by atoms with van der Waals surface area (Å²) in [6, 6.07) is -2.94. The van der Waals surface area contributed by atoms with Crippen LogP contribution in [0.5, 0.6) is 0 Å². The molecule has 3 atom stereocenters. The van der Waals surface area contributed by atoms with Gasteiger partial charge in [0.25, 0.3) is 0 Å². The van der Waals surface area contributed by atoms with Gasteiger partial charge in [-0.15, -0.1) is 0 Å². The molecule has 4 nitrogen and oxygen atoms in total. The van der Waals surface area contributed by atoms with Crippen LogP contribution in [0, 0.1) is 5.92 Å². The summed E-state index contributed by atoms with van der Waals surface area (Å²) in [5.74, 6) is -0.0703. The van der Waals surface area contributed by atoms with Crippen molar-refractivity contribution in [3.05, 3.63) is 0 Å².